The number of benzene rings is 2. The fourth-order valence-corrected chi connectivity index (χ4v) is 3.07. The summed E-state index contributed by atoms with van der Waals surface area (Å²) < 4.78 is 4.82. The van der Waals surface area contributed by atoms with Crippen LogP contribution in [0, 0.1) is 5.92 Å². The van der Waals surface area contributed by atoms with Crippen LogP contribution in [0.2, 0.25) is 0 Å². The Morgan fingerprint density at radius 1 is 1.13 bits per heavy atom. The normalized spacial score (nSPS) is 17.3. The average molecular weight is 309 g/mol. The maximum Gasteiger partial charge on any atom is 0.338 e. The Morgan fingerprint density at radius 2 is 1.83 bits per heavy atom. The third-order valence-corrected chi connectivity index (χ3v) is 4.27. The standard InChI is InChI=1S/C19H19NO3/c1-23-19(22)17-10-6-5-7-14(17)13-15-11-12-20(18(15)21)16-8-3-2-4-9-16/h2-10,15H,11-13H2,1H3. The molecule has 3 rings (SSSR count). The van der Waals surface area contributed by atoms with E-state index < -0.39 is 0 Å². The summed E-state index contributed by atoms with van der Waals surface area (Å²) in [5.41, 5.74) is 2.34. The molecule has 4 heteroatoms. The van der Waals surface area contributed by atoms with Crippen molar-refractivity contribution in [3.63, 3.8) is 0 Å². The highest BCUT2D eigenvalue weighted by atomic mass is 16.5. The average Bonchev–Trinajstić information content (AvgIpc) is 2.96. The monoisotopic (exact) mass is 309 g/mol. The minimum Gasteiger partial charge on any atom is -0.465 e. The maximum absolute atomic E-state index is 12.7. The highest BCUT2D eigenvalue weighted by Gasteiger charge is 2.33. The van der Waals surface area contributed by atoms with E-state index in [1.165, 1.54) is 7.11 Å². The van der Waals surface area contributed by atoms with Crippen molar-refractivity contribution in [3.05, 3.63) is 65.7 Å². The van der Waals surface area contributed by atoms with E-state index in [-0.39, 0.29) is 17.8 Å². The fraction of sp³-hybridized carbons (Fsp3) is 0.263. The molecule has 0 spiro atoms. The summed E-state index contributed by atoms with van der Waals surface area (Å²) >= 11 is 0. The summed E-state index contributed by atoms with van der Waals surface area (Å²) in [5, 5.41) is 0. The van der Waals surface area contributed by atoms with Gasteiger partial charge in [-0.1, -0.05) is 36.4 Å². The van der Waals surface area contributed by atoms with Gasteiger partial charge in [0, 0.05) is 18.2 Å². The van der Waals surface area contributed by atoms with Gasteiger partial charge in [-0.2, -0.15) is 0 Å². The van der Waals surface area contributed by atoms with Crippen LogP contribution in [0.1, 0.15) is 22.3 Å². The molecule has 118 valence electrons. The van der Waals surface area contributed by atoms with Crippen molar-refractivity contribution in [1.82, 2.24) is 0 Å². The molecule has 1 heterocycles. The molecular weight excluding hydrogens is 290 g/mol. The van der Waals surface area contributed by atoms with Crippen molar-refractivity contribution < 1.29 is 14.3 Å². The van der Waals surface area contributed by atoms with Crippen molar-refractivity contribution in [1.29, 1.82) is 0 Å². The predicted molar refractivity (Wildman–Crippen MR) is 88.4 cm³/mol. The smallest absolute Gasteiger partial charge is 0.338 e. The van der Waals surface area contributed by atoms with Crippen LogP contribution in [0.25, 0.3) is 0 Å². The Kier molecular flexibility index (Phi) is 4.42. The Bertz CT molecular complexity index is 712. The van der Waals surface area contributed by atoms with Gasteiger partial charge in [-0.3, -0.25) is 4.79 Å². The molecule has 1 amide bonds. The topological polar surface area (TPSA) is 46.6 Å². The zero-order valence-corrected chi connectivity index (χ0v) is 13.1. The molecule has 1 unspecified atom stereocenters. The summed E-state index contributed by atoms with van der Waals surface area (Å²) in [5.74, 6) is -0.331. The van der Waals surface area contributed by atoms with Crippen molar-refractivity contribution in [2.75, 3.05) is 18.6 Å². The van der Waals surface area contributed by atoms with E-state index in [0.29, 0.717) is 18.5 Å². The number of hydrogen-bond donors (Lipinski definition) is 0. The first-order chi connectivity index (χ1) is 11.2. The van der Waals surface area contributed by atoms with E-state index in [1.54, 1.807) is 6.07 Å². The van der Waals surface area contributed by atoms with Gasteiger partial charge < -0.3 is 9.64 Å². The summed E-state index contributed by atoms with van der Waals surface area (Å²) in [6.07, 6.45) is 1.36. The number of para-hydroxylation sites is 1. The molecule has 1 saturated heterocycles. The lowest BCUT2D eigenvalue weighted by molar-refractivity contribution is -0.120. The molecule has 0 radical (unpaired) electrons. The van der Waals surface area contributed by atoms with Gasteiger partial charge in [0.1, 0.15) is 0 Å². The zero-order chi connectivity index (χ0) is 16.2. The first-order valence-electron chi connectivity index (χ1n) is 7.73. The zero-order valence-electron chi connectivity index (χ0n) is 13.1. The number of ether oxygens (including phenoxy) is 1. The SMILES string of the molecule is COC(=O)c1ccccc1CC1CCN(c2ccccc2)C1=O. The second kappa shape index (κ2) is 6.65. The number of amides is 1. The third-order valence-electron chi connectivity index (χ3n) is 4.27. The van der Waals surface area contributed by atoms with Gasteiger partial charge in [-0.25, -0.2) is 4.79 Å². The largest absolute Gasteiger partial charge is 0.465 e. The quantitative estimate of drug-likeness (QED) is 0.815. The van der Waals surface area contributed by atoms with Crippen molar-refractivity contribution in [2.24, 2.45) is 5.92 Å². The fourth-order valence-electron chi connectivity index (χ4n) is 3.07. The maximum atomic E-state index is 12.7. The summed E-state index contributed by atoms with van der Waals surface area (Å²) in [6, 6.07) is 17.0. The number of nitrogens with zero attached hydrogens (tertiary/aromatic N) is 1. The van der Waals surface area contributed by atoms with Gasteiger partial charge in [-0.15, -0.1) is 0 Å². The van der Waals surface area contributed by atoms with Gasteiger partial charge >= 0.3 is 5.97 Å². The van der Waals surface area contributed by atoms with E-state index in [1.807, 2.05) is 53.4 Å². The highest BCUT2D eigenvalue weighted by Crippen LogP contribution is 2.28. The Morgan fingerprint density at radius 3 is 2.57 bits per heavy atom. The second-order valence-electron chi connectivity index (χ2n) is 5.66. The molecule has 0 N–H and O–H groups in total. The molecule has 0 aromatic heterocycles. The Balaban J connectivity index is 1.78. The summed E-state index contributed by atoms with van der Waals surface area (Å²) in [6.45, 7) is 0.716. The number of carbonyl (C=O) groups excluding carboxylic acids is 2. The molecule has 2 aromatic carbocycles. The lowest BCUT2D eigenvalue weighted by atomic mass is 9.94. The first kappa shape index (κ1) is 15.3. The van der Waals surface area contributed by atoms with Gasteiger partial charge in [0.2, 0.25) is 5.91 Å². The number of hydrogen-bond acceptors (Lipinski definition) is 3. The molecule has 1 aliphatic heterocycles. The summed E-state index contributed by atoms with van der Waals surface area (Å²) in [4.78, 5) is 26.4. The Hall–Kier alpha value is -2.62. The third kappa shape index (κ3) is 3.11. The summed E-state index contributed by atoms with van der Waals surface area (Å²) in [7, 11) is 1.37. The van der Waals surface area contributed by atoms with Crippen molar-refractivity contribution >= 4 is 17.6 Å². The van der Waals surface area contributed by atoms with Crippen LogP contribution in [0.4, 0.5) is 5.69 Å². The molecular formula is C19H19NO3. The van der Waals surface area contributed by atoms with Crippen molar-refractivity contribution in [2.45, 2.75) is 12.8 Å². The van der Waals surface area contributed by atoms with E-state index in [4.69, 9.17) is 4.74 Å². The minimum atomic E-state index is -0.356. The van der Waals surface area contributed by atoms with Gasteiger partial charge in [0.05, 0.1) is 12.7 Å². The van der Waals surface area contributed by atoms with E-state index >= 15 is 0 Å². The number of anilines is 1. The predicted octanol–water partition coefficient (Wildman–Crippen LogP) is 3.07. The molecule has 0 aliphatic carbocycles. The number of carbonyl (C=O) groups is 2. The Labute approximate surface area is 135 Å². The van der Waals surface area contributed by atoms with Crippen LogP contribution in [-0.4, -0.2) is 25.5 Å². The van der Waals surface area contributed by atoms with Crippen LogP contribution in [0.3, 0.4) is 0 Å². The van der Waals surface area contributed by atoms with Crippen LogP contribution < -0.4 is 4.90 Å². The molecule has 2 aromatic rings. The van der Waals surface area contributed by atoms with Crippen LogP contribution in [0.5, 0.6) is 0 Å². The van der Waals surface area contributed by atoms with Gasteiger partial charge in [0.15, 0.2) is 0 Å². The van der Waals surface area contributed by atoms with Crippen LogP contribution in [-0.2, 0) is 16.0 Å². The van der Waals surface area contributed by atoms with Crippen molar-refractivity contribution in [3.8, 4) is 0 Å². The lowest BCUT2D eigenvalue weighted by Gasteiger charge is -2.17. The van der Waals surface area contributed by atoms with E-state index in [0.717, 1.165) is 17.7 Å². The number of rotatable bonds is 4. The minimum absolute atomic E-state index is 0.0963. The molecule has 1 aliphatic rings. The highest BCUT2D eigenvalue weighted by molar-refractivity contribution is 5.97. The number of methoxy groups -OCH3 is 1. The molecule has 0 saturated carbocycles. The molecule has 1 fully saturated rings. The molecule has 23 heavy (non-hydrogen) atoms. The molecule has 4 nitrogen and oxygen atoms in total. The van der Waals surface area contributed by atoms with Crippen LogP contribution >= 0.6 is 0 Å². The second-order valence-corrected chi connectivity index (χ2v) is 5.66. The van der Waals surface area contributed by atoms with E-state index in [9.17, 15) is 9.59 Å². The van der Waals surface area contributed by atoms with Crippen LogP contribution in [0.15, 0.2) is 54.6 Å². The molecule has 1 atom stereocenters. The van der Waals surface area contributed by atoms with Gasteiger partial charge in [-0.05, 0) is 36.6 Å². The molecule has 0 bridgehead atoms. The first-order valence-corrected chi connectivity index (χ1v) is 7.73. The van der Waals surface area contributed by atoms with Gasteiger partial charge in [0.25, 0.3) is 0 Å². The van der Waals surface area contributed by atoms with E-state index in [2.05, 4.69) is 0 Å². The lowest BCUT2D eigenvalue weighted by Crippen LogP contribution is -2.27. The number of esters is 1.